The summed E-state index contributed by atoms with van der Waals surface area (Å²) in [4.78, 5) is 10.6. The standard InChI is InChI=1S/C18H29Cl3O/c1-2-3-4-5-7-10-13-16(19)17(20)14-11-8-6-9-12-15-18(21)22/h3-4,7,10,16-17H,2,5-6,8-9,11-15H2,1H3. The number of allylic oxidation sites excluding steroid dienone is 4. The maximum atomic E-state index is 10.6. The molecule has 0 amide bonds. The Hall–Kier alpha value is 0.0200. The number of rotatable bonds is 14. The van der Waals surface area contributed by atoms with Gasteiger partial charge in [0, 0.05) is 6.42 Å². The Morgan fingerprint density at radius 1 is 0.909 bits per heavy atom. The summed E-state index contributed by atoms with van der Waals surface area (Å²) in [6, 6.07) is 0. The molecule has 0 N–H and O–H groups in total. The van der Waals surface area contributed by atoms with E-state index in [-0.39, 0.29) is 16.0 Å². The summed E-state index contributed by atoms with van der Waals surface area (Å²) in [6.07, 6.45) is 18.2. The molecular weight excluding hydrogens is 339 g/mol. The molecule has 0 aliphatic rings. The predicted molar refractivity (Wildman–Crippen MR) is 100 cm³/mol. The molecule has 2 unspecified atom stereocenters. The van der Waals surface area contributed by atoms with Crippen LogP contribution in [0.3, 0.4) is 0 Å². The van der Waals surface area contributed by atoms with Crippen LogP contribution in [-0.4, -0.2) is 16.0 Å². The highest BCUT2D eigenvalue weighted by atomic mass is 35.5. The molecule has 4 heteroatoms. The first kappa shape index (κ1) is 22.0. The van der Waals surface area contributed by atoms with Gasteiger partial charge in [-0.15, -0.1) is 23.2 Å². The third-order valence-electron chi connectivity index (χ3n) is 3.45. The van der Waals surface area contributed by atoms with Crippen LogP contribution in [-0.2, 0) is 4.79 Å². The van der Waals surface area contributed by atoms with E-state index in [9.17, 15) is 4.79 Å². The summed E-state index contributed by atoms with van der Waals surface area (Å²) in [5.41, 5.74) is 0. The summed E-state index contributed by atoms with van der Waals surface area (Å²) in [5.74, 6) is 0. The van der Waals surface area contributed by atoms with Gasteiger partial charge in [0.2, 0.25) is 5.24 Å². The monoisotopic (exact) mass is 366 g/mol. The van der Waals surface area contributed by atoms with Gasteiger partial charge >= 0.3 is 0 Å². The van der Waals surface area contributed by atoms with Gasteiger partial charge in [-0.3, -0.25) is 4.79 Å². The van der Waals surface area contributed by atoms with Crippen LogP contribution in [0.1, 0.15) is 71.1 Å². The molecule has 0 fully saturated rings. The molecule has 0 aliphatic heterocycles. The smallest absolute Gasteiger partial charge is 0.221 e. The zero-order chi connectivity index (χ0) is 16.6. The Morgan fingerprint density at radius 3 is 2.23 bits per heavy atom. The molecule has 0 rings (SSSR count). The molecule has 0 aromatic carbocycles. The van der Waals surface area contributed by atoms with Crippen molar-refractivity contribution in [3.05, 3.63) is 24.3 Å². The van der Waals surface area contributed by atoms with Crippen molar-refractivity contribution in [3.8, 4) is 0 Å². The van der Waals surface area contributed by atoms with Crippen LogP contribution in [0.15, 0.2) is 24.3 Å². The first-order valence-corrected chi connectivity index (χ1v) is 9.59. The molecule has 2 atom stereocenters. The van der Waals surface area contributed by atoms with E-state index in [1.165, 1.54) is 0 Å². The van der Waals surface area contributed by atoms with E-state index >= 15 is 0 Å². The summed E-state index contributed by atoms with van der Waals surface area (Å²) in [5, 5.41) is -0.201. The second-order valence-electron chi connectivity index (χ2n) is 5.52. The maximum absolute atomic E-state index is 10.6. The lowest BCUT2D eigenvalue weighted by Crippen LogP contribution is -2.14. The minimum atomic E-state index is -0.232. The molecule has 22 heavy (non-hydrogen) atoms. The van der Waals surface area contributed by atoms with Crippen LogP contribution in [0.4, 0.5) is 0 Å². The van der Waals surface area contributed by atoms with Crippen molar-refractivity contribution in [3.63, 3.8) is 0 Å². The molecule has 0 radical (unpaired) electrons. The number of unbranched alkanes of at least 4 members (excludes halogenated alkanes) is 4. The molecule has 0 aromatic rings. The Morgan fingerprint density at radius 2 is 1.55 bits per heavy atom. The highest BCUT2D eigenvalue weighted by Crippen LogP contribution is 2.21. The molecule has 0 aliphatic carbocycles. The minimum absolute atomic E-state index is 0.00180. The second-order valence-corrected chi connectivity index (χ2v) is 7.06. The lowest BCUT2D eigenvalue weighted by molar-refractivity contribution is -0.111. The van der Waals surface area contributed by atoms with E-state index in [4.69, 9.17) is 34.8 Å². The van der Waals surface area contributed by atoms with Gasteiger partial charge in [-0.25, -0.2) is 0 Å². The number of carbonyl (C=O) groups is 1. The Labute approximate surface area is 151 Å². The zero-order valence-corrected chi connectivity index (χ0v) is 15.8. The Kier molecular flexibility index (Phi) is 15.9. The fraction of sp³-hybridized carbons (Fsp3) is 0.722. The van der Waals surface area contributed by atoms with Gasteiger partial charge in [-0.1, -0.05) is 56.9 Å². The molecule has 0 spiro atoms. The van der Waals surface area contributed by atoms with Gasteiger partial charge in [0.1, 0.15) is 0 Å². The first-order chi connectivity index (χ1) is 10.6. The molecule has 0 saturated heterocycles. The predicted octanol–water partition coefficient (Wildman–Crippen LogP) is 7.00. The number of halogens is 3. The van der Waals surface area contributed by atoms with Gasteiger partial charge in [-0.2, -0.15) is 0 Å². The summed E-state index contributed by atoms with van der Waals surface area (Å²) in [7, 11) is 0. The molecular formula is C18H29Cl3O. The second kappa shape index (κ2) is 15.9. The van der Waals surface area contributed by atoms with Gasteiger partial charge in [0.05, 0.1) is 10.8 Å². The number of hydrogen-bond donors (Lipinski definition) is 0. The number of carbonyl (C=O) groups excluding carboxylic acids is 1. The maximum Gasteiger partial charge on any atom is 0.221 e. The fourth-order valence-electron chi connectivity index (χ4n) is 2.13. The lowest BCUT2D eigenvalue weighted by atomic mass is 10.1. The Balaban J connectivity index is 3.55. The molecule has 1 nitrogen and oxygen atoms in total. The molecule has 0 aromatic heterocycles. The first-order valence-electron chi connectivity index (χ1n) is 8.34. The largest absolute Gasteiger partial charge is 0.281 e. The highest BCUT2D eigenvalue weighted by molar-refractivity contribution is 6.63. The van der Waals surface area contributed by atoms with E-state index in [2.05, 4.69) is 31.2 Å². The van der Waals surface area contributed by atoms with Crippen LogP contribution in [0.25, 0.3) is 0 Å². The summed E-state index contributed by atoms with van der Waals surface area (Å²) >= 11 is 17.9. The van der Waals surface area contributed by atoms with Crippen LogP contribution in [0.2, 0.25) is 0 Å². The highest BCUT2D eigenvalue weighted by Gasteiger charge is 2.14. The van der Waals surface area contributed by atoms with E-state index in [1.54, 1.807) is 0 Å². The van der Waals surface area contributed by atoms with Crippen LogP contribution in [0.5, 0.6) is 0 Å². The lowest BCUT2D eigenvalue weighted by Gasteiger charge is -2.14. The van der Waals surface area contributed by atoms with E-state index in [1.807, 2.05) is 0 Å². The van der Waals surface area contributed by atoms with Gasteiger partial charge in [0.25, 0.3) is 0 Å². The topological polar surface area (TPSA) is 17.1 Å². The zero-order valence-electron chi connectivity index (χ0n) is 13.6. The SMILES string of the molecule is CCC=CCC=CCC(Cl)C(Cl)CCCCCCCC(=O)Cl. The van der Waals surface area contributed by atoms with Crippen molar-refractivity contribution < 1.29 is 4.79 Å². The van der Waals surface area contributed by atoms with E-state index in [0.717, 1.165) is 57.8 Å². The normalized spacial score (nSPS) is 14.7. The van der Waals surface area contributed by atoms with Crippen molar-refractivity contribution in [1.29, 1.82) is 0 Å². The average molecular weight is 368 g/mol. The molecule has 128 valence electrons. The molecule has 0 saturated carbocycles. The van der Waals surface area contributed by atoms with E-state index < -0.39 is 0 Å². The van der Waals surface area contributed by atoms with Crippen LogP contribution >= 0.6 is 34.8 Å². The average Bonchev–Trinajstić information content (AvgIpc) is 2.49. The van der Waals surface area contributed by atoms with Crippen LogP contribution in [0, 0.1) is 0 Å². The van der Waals surface area contributed by atoms with Gasteiger partial charge in [0.15, 0.2) is 0 Å². The van der Waals surface area contributed by atoms with Crippen molar-refractivity contribution in [2.24, 2.45) is 0 Å². The number of hydrogen-bond acceptors (Lipinski definition) is 1. The summed E-state index contributed by atoms with van der Waals surface area (Å²) < 4.78 is 0. The Bertz CT molecular complexity index is 326. The fourth-order valence-corrected chi connectivity index (χ4v) is 2.75. The number of alkyl halides is 2. The minimum Gasteiger partial charge on any atom is -0.281 e. The third-order valence-corrected chi connectivity index (χ3v) is 4.77. The molecule has 0 heterocycles. The van der Waals surface area contributed by atoms with E-state index in [0.29, 0.717) is 6.42 Å². The van der Waals surface area contributed by atoms with Crippen molar-refractivity contribution >= 4 is 40.0 Å². The van der Waals surface area contributed by atoms with Gasteiger partial charge < -0.3 is 0 Å². The summed E-state index contributed by atoms with van der Waals surface area (Å²) in [6.45, 7) is 2.13. The van der Waals surface area contributed by atoms with Crippen molar-refractivity contribution in [2.75, 3.05) is 0 Å². The van der Waals surface area contributed by atoms with Gasteiger partial charge in [-0.05, 0) is 43.7 Å². The van der Waals surface area contributed by atoms with Crippen molar-refractivity contribution in [2.45, 2.75) is 81.9 Å². The quantitative estimate of drug-likeness (QED) is 0.140. The third kappa shape index (κ3) is 14.9. The van der Waals surface area contributed by atoms with Crippen LogP contribution < -0.4 is 0 Å². The van der Waals surface area contributed by atoms with Crippen molar-refractivity contribution in [1.82, 2.24) is 0 Å². The molecule has 0 bridgehead atoms.